The van der Waals surface area contributed by atoms with Gasteiger partial charge in [0.15, 0.2) is 5.82 Å². The van der Waals surface area contributed by atoms with Crippen molar-refractivity contribution in [2.75, 3.05) is 45.3 Å². The van der Waals surface area contributed by atoms with Crippen LogP contribution >= 0.6 is 0 Å². The number of anilines is 1. The standard InChI is InChI=1S/C25H30N6O5/c1-14-23(15(2)36-29-14)19-9-22(30-11-21-20(30)12-31(21)25(33)34-4)28-24(27-19)16-6-5-7-18(8-16)35-13-17(32)10-26-3/h5-9,17,20-21,26,32H,10-13H2,1-4H3/t17?,20?,21-/m1/s1. The number of aryl methyl sites for hydroxylation is 2. The fourth-order valence-electron chi connectivity index (χ4n) is 4.74. The number of hydrogen-bond donors (Lipinski definition) is 2. The minimum absolute atomic E-state index is 0.124. The molecule has 2 fully saturated rings. The van der Waals surface area contributed by atoms with Crippen LogP contribution in [-0.4, -0.2) is 89.8 Å². The summed E-state index contributed by atoms with van der Waals surface area (Å²) in [5, 5.41) is 17.0. The monoisotopic (exact) mass is 494 g/mol. The van der Waals surface area contributed by atoms with E-state index in [1.165, 1.54) is 7.11 Å². The molecule has 11 heteroatoms. The topological polar surface area (TPSA) is 126 Å². The number of piperazine rings is 1. The molecular weight excluding hydrogens is 464 g/mol. The van der Waals surface area contributed by atoms with Gasteiger partial charge in [-0.15, -0.1) is 0 Å². The van der Waals surface area contributed by atoms with Crippen LogP contribution in [0.15, 0.2) is 34.9 Å². The van der Waals surface area contributed by atoms with E-state index in [0.717, 1.165) is 28.3 Å². The van der Waals surface area contributed by atoms with Crippen LogP contribution in [0.2, 0.25) is 0 Å². The molecule has 190 valence electrons. The number of aliphatic hydroxyl groups excluding tert-OH is 1. The van der Waals surface area contributed by atoms with Crippen molar-refractivity contribution in [3.05, 3.63) is 41.8 Å². The summed E-state index contributed by atoms with van der Waals surface area (Å²) >= 11 is 0. The zero-order chi connectivity index (χ0) is 25.4. The Kier molecular flexibility index (Phi) is 6.50. The molecule has 3 atom stereocenters. The number of rotatable bonds is 8. The molecule has 0 radical (unpaired) electrons. The number of methoxy groups -OCH3 is 1. The quantitative estimate of drug-likeness (QED) is 0.480. The summed E-state index contributed by atoms with van der Waals surface area (Å²) in [6.07, 6.45) is -0.914. The number of carbonyl (C=O) groups excluding carboxylic acids is 1. The summed E-state index contributed by atoms with van der Waals surface area (Å²) in [7, 11) is 3.18. The second-order valence-electron chi connectivity index (χ2n) is 9.09. The van der Waals surface area contributed by atoms with Gasteiger partial charge in [0, 0.05) is 31.3 Å². The maximum absolute atomic E-state index is 11.9. The van der Waals surface area contributed by atoms with Gasteiger partial charge < -0.3 is 29.3 Å². The van der Waals surface area contributed by atoms with Gasteiger partial charge in [-0.25, -0.2) is 14.8 Å². The Morgan fingerprint density at radius 2 is 2.08 bits per heavy atom. The van der Waals surface area contributed by atoms with Crippen molar-refractivity contribution in [3.63, 3.8) is 0 Å². The van der Waals surface area contributed by atoms with E-state index in [0.29, 0.717) is 37.0 Å². The molecule has 1 aromatic carbocycles. The summed E-state index contributed by atoms with van der Waals surface area (Å²) in [4.78, 5) is 25.6. The molecule has 2 unspecified atom stereocenters. The second kappa shape index (κ2) is 9.75. The van der Waals surface area contributed by atoms with E-state index in [1.807, 2.05) is 44.2 Å². The highest BCUT2D eigenvalue weighted by atomic mass is 16.5. The largest absolute Gasteiger partial charge is 0.491 e. The number of carbonyl (C=O) groups is 1. The zero-order valence-corrected chi connectivity index (χ0v) is 20.8. The minimum Gasteiger partial charge on any atom is -0.491 e. The molecular formula is C25H30N6O5. The maximum Gasteiger partial charge on any atom is 0.409 e. The third kappa shape index (κ3) is 4.35. The van der Waals surface area contributed by atoms with Gasteiger partial charge in [0.25, 0.3) is 0 Å². The Bertz CT molecular complexity index is 1240. The molecule has 0 bridgehead atoms. The second-order valence-corrected chi connectivity index (χ2v) is 9.09. The van der Waals surface area contributed by atoms with Gasteiger partial charge in [0.2, 0.25) is 0 Å². The Labute approximate surface area is 209 Å². The van der Waals surface area contributed by atoms with Crippen LogP contribution in [0.4, 0.5) is 10.6 Å². The van der Waals surface area contributed by atoms with Crippen LogP contribution in [0.5, 0.6) is 5.75 Å². The van der Waals surface area contributed by atoms with Crippen LogP contribution in [0, 0.1) is 13.8 Å². The summed E-state index contributed by atoms with van der Waals surface area (Å²) in [6.45, 7) is 5.62. The number of nitrogens with one attached hydrogen (secondary N) is 1. The van der Waals surface area contributed by atoms with Crippen molar-refractivity contribution in [3.8, 4) is 28.4 Å². The highest BCUT2D eigenvalue weighted by molar-refractivity contribution is 5.74. The average molecular weight is 495 g/mol. The normalized spacial score (nSPS) is 19.2. The molecule has 36 heavy (non-hydrogen) atoms. The first kappa shape index (κ1) is 24.0. The Morgan fingerprint density at radius 3 is 2.75 bits per heavy atom. The van der Waals surface area contributed by atoms with E-state index in [-0.39, 0.29) is 24.8 Å². The molecule has 4 heterocycles. The number of likely N-dealkylation sites (tertiary alicyclic amines) is 1. The minimum atomic E-state index is -0.615. The Balaban J connectivity index is 1.46. The van der Waals surface area contributed by atoms with E-state index in [9.17, 15) is 9.90 Å². The van der Waals surface area contributed by atoms with Crippen LogP contribution < -0.4 is 15.0 Å². The number of fused-ring (bicyclic) bond motifs is 1. The lowest BCUT2D eigenvalue weighted by molar-refractivity contribution is 0.0114. The molecule has 3 aromatic rings. The lowest BCUT2D eigenvalue weighted by Gasteiger charge is -2.61. The van der Waals surface area contributed by atoms with E-state index < -0.39 is 6.10 Å². The lowest BCUT2D eigenvalue weighted by atomic mass is 9.86. The van der Waals surface area contributed by atoms with E-state index in [2.05, 4.69) is 15.4 Å². The van der Waals surface area contributed by atoms with Gasteiger partial charge in [-0.3, -0.25) is 4.90 Å². The molecule has 2 aliphatic heterocycles. The average Bonchev–Trinajstić information content (AvgIpc) is 3.21. The number of ether oxygens (including phenoxy) is 2. The summed E-state index contributed by atoms with van der Waals surface area (Å²) in [5.41, 5.74) is 3.09. The zero-order valence-electron chi connectivity index (χ0n) is 20.8. The van der Waals surface area contributed by atoms with Crippen LogP contribution in [0.3, 0.4) is 0 Å². The summed E-state index contributed by atoms with van der Waals surface area (Å²) < 4.78 is 16.1. The summed E-state index contributed by atoms with van der Waals surface area (Å²) in [6, 6.07) is 9.76. The van der Waals surface area contributed by atoms with Crippen molar-refractivity contribution in [2.24, 2.45) is 0 Å². The van der Waals surface area contributed by atoms with E-state index in [1.54, 1.807) is 11.9 Å². The molecule has 2 N–H and O–H groups in total. The van der Waals surface area contributed by atoms with Gasteiger partial charge in [-0.1, -0.05) is 17.3 Å². The molecule has 2 saturated heterocycles. The number of benzene rings is 1. The van der Waals surface area contributed by atoms with Crippen LogP contribution in [0.1, 0.15) is 11.5 Å². The first-order valence-corrected chi connectivity index (χ1v) is 11.9. The number of hydrogen-bond acceptors (Lipinski definition) is 10. The number of likely N-dealkylation sites (N-methyl/N-ethyl adjacent to an activating group) is 1. The predicted octanol–water partition coefficient (Wildman–Crippen LogP) is 2.01. The van der Waals surface area contributed by atoms with Crippen molar-refractivity contribution < 1.29 is 23.9 Å². The van der Waals surface area contributed by atoms with Crippen molar-refractivity contribution in [1.29, 1.82) is 0 Å². The third-order valence-corrected chi connectivity index (χ3v) is 6.69. The lowest BCUT2D eigenvalue weighted by Crippen LogP contribution is -2.80. The first-order valence-electron chi connectivity index (χ1n) is 11.9. The Hall–Kier alpha value is -3.70. The highest BCUT2D eigenvalue weighted by Gasteiger charge is 2.54. The predicted molar refractivity (Wildman–Crippen MR) is 132 cm³/mol. The fourth-order valence-corrected chi connectivity index (χ4v) is 4.74. The van der Waals surface area contributed by atoms with Crippen molar-refractivity contribution >= 4 is 11.9 Å². The summed E-state index contributed by atoms with van der Waals surface area (Å²) in [5.74, 6) is 2.61. The van der Waals surface area contributed by atoms with Gasteiger partial charge in [0.05, 0.1) is 36.1 Å². The van der Waals surface area contributed by atoms with Crippen molar-refractivity contribution in [1.82, 2.24) is 25.3 Å². The molecule has 11 nitrogen and oxygen atoms in total. The SMILES string of the molecule is CNCC(O)COc1cccc(-c2nc(-c3c(C)noc3C)cc(N3C[C@@H]4C3CN4C(=O)OC)n2)c1. The molecule has 5 rings (SSSR count). The van der Waals surface area contributed by atoms with Gasteiger partial charge >= 0.3 is 6.09 Å². The van der Waals surface area contributed by atoms with E-state index >= 15 is 0 Å². The van der Waals surface area contributed by atoms with Crippen LogP contribution in [0.25, 0.3) is 22.6 Å². The van der Waals surface area contributed by atoms with Gasteiger partial charge in [0.1, 0.15) is 30.0 Å². The molecule has 0 spiro atoms. The third-order valence-electron chi connectivity index (χ3n) is 6.69. The highest BCUT2D eigenvalue weighted by Crippen LogP contribution is 2.39. The number of aliphatic hydroxyl groups is 1. The van der Waals surface area contributed by atoms with E-state index in [4.69, 9.17) is 24.0 Å². The Morgan fingerprint density at radius 1 is 1.25 bits per heavy atom. The van der Waals surface area contributed by atoms with Gasteiger partial charge in [-0.05, 0) is 33.0 Å². The maximum atomic E-state index is 11.9. The smallest absolute Gasteiger partial charge is 0.409 e. The first-order chi connectivity index (χ1) is 17.4. The molecule has 2 aromatic heterocycles. The fraction of sp³-hybridized carbons (Fsp3) is 0.440. The number of amides is 1. The molecule has 0 saturated carbocycles. The van der Waals surface area contributed by atoms with Crippen molar-refractivity contribution in [2.45, 2.75) is 32.0 Å². The number of nitrogens with zero attached hydrogens (tertiary/aromatic N) is 5. The molecule has 2 aliphatic rings. The number of aromatic nitrogens is 3. The van der Waals surface area contributed by atoms with Crippen LogP contribution in [-0.2, 0) is 4.74 Å². The molecule has 0 aliphatic carbocycles. The molecule has 1 amide bonds. The van der Waals surface area contributed by atoms with Gasteiger partial charge in [-0.2, -0.15) is 0 Å².